The minimum Gasteiger partial charge on any atom is -0.380 e. The van der Waals surface area contributed by atoms with Gasteiger partial charge in [0.1, 0.15) is 0 Å². The van der Waals surface area contributed by atoms with Gasteiger partial charge in [-0.2, -0.15) is 0 Å². The molecular formula is C15H13BrINO2. The summed E-state index contributed by atoms with van der Waals surface area (Å²) in [6, 6.07) is 13.3. The lowest BCUT2D eigenvalue weighted by molar-refractivity contribution is 0.102. The number of ether oxygens (including phenoxy) is 1. The summed E-state index contributed by atoms with van der Waals surface area (Å²) in [6.45, 7) is 0.524. The number of carbonyl (C=O) groups excluding carboxylic acids is 1. The number of hydrogen-bond acceptors (Lipinski definition) is 2. The number of anilines is 1. The van der Waals surface area contributed by atoms with Crippen LogP contribution in [-0.2, 0) is 11.3 Å². The van der Waals surface area contributed by atoms with Crippen molar-refractivity contribution in [3.8, 4) is 0 Å². The third-order valence-corrected chi connectivity index (χ3v) is 4.03. The lowest BCUT2D eigenvalue weighted by Crippen LogP contribution is -2.13. The van der Waals surface area contributed by atoms with Gasteiger partial charge in [0.15, 0.2) is 0 Å². The summed E-state index contributed by atoms with van der Waals surface area (Å²) in [5.41, 5.74) is 2.40. The molecule has 5 heteroatoms. The molecule has 0 unspecified atom stereocenters. The summed E-state index contributed by atoms with van der Waals surface area (Å²) in [5, 5.41) is 2.90. The first-order chi connectivity index (χ1) is 9.60. The summed E-state index contributed by atoms with van der Waals surface area (Å²) in [7, 11) is 1.65. The zero-order chi connectivity index (χ0) is 14.5. The van der Waals surface area contributed by atoms with E-state index in [2.05, 4.69) is 43.8 Å². The summed E-state index contributed by atoms with van der Waals surface area (Å²) in [4.78, 5) is 12.3. The predicted octanol–water partition coefficient (Wildman–Crippen LogP) is 4.45. The van der Waals surface area contributed by atoms with Crippen molar-refractivity contribution < 1.29 is 9.53 Å². The predicted molar refractivity (Wildman–Crippen MR) is 92.0 cm³/mol. The van der Waals surface area contributed by atoms with E-state index in [0.29, 0.717) is 12.2 Å². The quantitative estimate of drug-likeness (QED) is 0.706. The molecule has 3 nitrogen and oxygen atoms in total. The van der Waals surface area contributed by atoms with Crippen molar-refractivity contribution in [2.24, 2.45) is 0 Å². The van der Waals surface area contributed by atoms with Crippen molar-refractivity contribution in [3.63, 3.8) is 0 Å². The second-order valence-corrected chi connectivity index (χ2v) is 6.31. The fourth-order valence-electron chi connectivity index (χ4n) is 1.78. The molecule has 0 aliphatic heterocycles. The van der Waals surface area contributed by atoms with E-state index in [9.17, 15) is 4.79 Å². The molecule has 0 spiro atoms. The van der Waals surface area contributed by atoms with E-state index in [0.717, 1.165) is 19.3 Å². The minimum atomic E-state index is -0.134. The van der Waals surface area contributed by atoms with Gasteiger partial charge in [0.2, 0.25) is 0 Å². The monoisotopic (exact) mass is 445 g/mol. The van der Waals surface area contributed by atoms with Crippen LogP contribution in [0.5, 0.6) is 0 Å². The number of amides is 1. The van der Waals surface area contributed by atoms with Gasteiger partial charge in [-0.15, -0.1) is 0 Å². The van der Waals surface area contributed by atoms with Gasteiger partial charge < -0.3 is 10.1 Å². The molecule has 0 atom stereocenters. The second kappa shape index (κ2) is 7.19. The molecule has 0 aliphatic carbocycles. The molecule has 0 saturated carbocycles. The van der Waals surface area contributed by atoms with Gasteiger partial charge in [-0.25, -0.2) is 0 Å². The van der Waals surface area contributed by atoms with Gasteiger partial charge in [-0.1, -0.05) is 12.1 Å². The Labute approximate surface area is 140 Å². The van der Waals surface area contributed by atoms with Gasteiger partial charge >= 0.3 is 0 Å². The lowest BCUT2D eigenvalue weighted by Gasteiger charge is -2.09. The van der Waals surface area contributed by atoms with Crippen LogP contribution in [0.1, 0.15) is 15.9 Å². The average molecular weight is 446 g/mol. The third kappa shape index (κ3) is 4.04. The third-order valence-electron chi connectivity index (χ3n) is 2.67. The number of halogens is 2. The first-order valence-corrected chi connectivity index (χ1v) is 7.81. The molecule has 2 rings (SSSR count). The molecular weight excluding hydrogens is 433 g/mol. The summed E-state index contributed by atoms with van der Waals surface area (Å²) < 4.78 is 6.88. The zero-order valence-corrected chi connectivity index (χ0v) is 14.6. The summed E-state index contributed by atoms with van der Waals surface area (Å²) >= 11 is 5.58. The molecule has 20 heavy (non-hydrogen) atoms. The van der Waals surface area contributed by atoms with E-state index in [4.69, 9.17) is 4.74 Å². The Balaban J connectivity index is 2.19. The van der Waals surface area contributed by atoms with Crippen LogP contribution in [0.4, 0.5) is 5.69 Å². The smallest absolute Gasteiger partial charge is 0.256 e. The molecule has 0 aliphatic rings. The Hall–Kier alpha value is -0.920. The molecule has 0 bridgehead atoms. The van der Waals surface area contributed by atoms with Gasteiger partial charge in [-0.05, 0) is 74.4 Å². The van der Waals surface area contributed by atoms with Crippen LogP contribution in [0.25, 0.3) is 0 Å². The van der Waals surface area contributed by atoms with E-state index in [1.807, 2.05) is 42.5 Å². The number of carbonyl (C=O) groups is 1. The standard InChI is InChI=1S/C15H13BrINO2/c1-20-9-10-3-2-4-12(7-10)18-15(19)13-8-11(17)5-6-14(13)16/h2-8H,9H2,1H3,(H,18,19). The van der Waals surface area contributed by atoms with Crippen molar-refractivity contribution in [2.45, 2.75) is 6.61 Å². The number of benzene rings is 2. The maximum absolute atomic E-state index is 12.3. The van der Waals surface area contributed by atoms with Crippen LogP contribution < -0.4 is 5.32 Å². The molecule has 0 fully saturated rings. The maximum Gasteiger partial charge on any atom is 0.256 e. The fraction of sp³-hybridized carbons (Fsp3) is 0.133. The van der Waals surface area contributed by atoms with Crippen molar-refractivity contribution >= 4 is 50.1 Å². The maximum atomic E-state index is 12.3. The molecule has 1 amide bonds. The highest BCUT2D eigenvalue weighted by molar-refractivity contribution is 14.1. The molecule has 0 heterocycles. The van der Waals surface area contributed by atoms with Gasteiger partial charge in [0.05, 0.1) is 12.2 Å². The van der Waals surface area contributed by atoms with E-state index in [-0.39, 0.29) is 5.91 Å². The first kappa shape index (κ1) is 15.5. The van der Waals surface area contributed by atoms with Crippen molar-refractivity contribution in [1.82, 2.24) is 0 Å². The van der Waals surface area contributed by atoms with E-state index >= 15 is 0 Å². The van der Waals surface area contributed by atoms with Crippen molar-refractivity contribution in [3.05, 3.63) is 61.6 Å². The van der Waals surface area contributed by atoms with Crippen LogP contribution in [0.15, 0.2) is 46.9 Å². The van der Waals surface area contributed by atoms with Crippen molar-refractivity contribution in [1.29, 1.82) is 0 Å². The Morgan fingerprint density at radius 2 is 2.10 bits per heavy atom. The Morgan fingerprint density at radius 1 is 1.30 bits per heavy atom. The topological polar surface area (TPSA) is 38.3 Å². The largest absolute Gasteiger partial charge is 0.380 e. The Kier molecular flexibility index (Phi) is 5.56. The molecule has 2 aromatic carbocycles. The minimum absolute atomic E-state index is 0.134. The molecule has 2 aromatic rings. The molecule has 104 valence electrons. The summed E-state index contributed by atoms with van der Waals surface area (Å²) in [5.74, 6) is -0.134. The van der Waals surface area contributed by atoms with Crippen molar-refractivity contribution in [2.75, 3.05) is 12.4 Å². The van der Waals surface area contributed by atoms with Gasteiger partial charge in [0.25, 0.3) is 5.91 Å². The van der Waals surface area contributed by atoms with Gasteiger partial charge in [-0.3, -0.25) is 4.79 Å². The zero-order valence-electron chi connectivity index (χ0n) is 10.8. The highest BCUT2D eigenvalue weighted by Crippen LogP contribution is 2.21. The van der Waals surface area contributed by atoms with Crippen LogP contribution in [0, 0.1) is 3.57 Å². The Bertz CT molecular complexity index is 631. The van der Waals surface area contributed by atoms with Crippen LogP contribution in [0.2, 0.25) is 0 Å². The molecule has 0 radical (unpaired) electrons. The fourth-order valence-corrected chi connectivity index (χ4v) is 2.69. The number of rotatable bonds is 4. The highest BCUT2D eigenvalue weighted by Gasteiger charge is 2.11. The second-order valence-electron chi connectivity index (χ2n) is 4.21. The Morgan fingerprint density at radius 3 is 2.85 bits per heavy atom. The van der Waals surface area contributed by atoms with E-state index in [1.54, 1.807) is 7.11 Å². The highest BCUT2D eigenvalue weighted by atomic mass is 127. The van der Waals surface area contributed by atoms with E-state index in [1.165, 1.54) is 0 Å². The van der Waals surface area contributed by atoms with Crippen LogP contribution in [0.3, 0.4) is 0 Å². The molecule has 0 saturated heterocycles. The number of nitrogens with one attached hydrogen (secondary N) is 1. The van der Waals surface area contributed by atoms with Gasteiger partial charge in [0, 0.05) is 20.8 Å². The number of hydrogen-bond donors (Lipinski definition) is 1. The van der Waals surface area contributed by atoms with E-state index < -0.39 is 0 Å². The average Bonchev–Trinajstić information content (AvgIpc) is 2.42. The van der Waals surface area contributed by atoms with Crippen LogP contribution in [-0.4, -0.2) is 13.0 Å². The van der Waals surface area contributed by atoms with Crippen LogP contribution >= 0.6 is 38.5 Å². The SMILES string of the molecule is COCc1cccc(NC(=O)c2cc(I)ccc2Br)c1. The first-order valence-electron chi connectivity index (χ1n) is 5.94. The molecule has 0 aromatic heterocycles. The molecule has 1 N–H and O–H groups in total. The summed E-state index contributed by atoms with van der Waals surface area (Å²) in [6.07, 6.45) is 0. The normalized spacial score (nSPS) is 10.3. The lowest BCUT2D eigenvalue weighted by atomic mass is 10.2. The number of methoxy groups -OCH3 is 1.